The first-order valence-corrected chi connectivity index (χ1v) is 8.27. The molecule has 0 saturated heterocycles. The number of carbonyl (C=O) groups excluding carboxylic acids is 1. The van der Waals surface area contributed by atoms with Gasteiger partial charge < -0.3 is 5.32 Å². The van der Waals surface area contributed by atoms with Gasteiger partial charge in [-0.1, -0.05) is 6.07 Å². The van der Waals surface area contributed by atoms with Crippen LogP contribution in [0.25, 0.3) is 21.3 Å². The van der Waals surface area contributed by atoms with E-state index in [1.807, 2.05) is 6.07 Å². The number of anilines is 1. The van der Waals surface area contributed by atoms with Crippen LogP contribution in [0.15, 0.2) is 40.8 Å². The Morgan fingerprint density at radius 2 is 2.17 bits per heavy atom. The zero-order valence-electron chi connectivity index (χ0n) is 11.6. The molecule has 114 valence electrons. The monoisotopic (exact) mass is 343 g/mol. The molecular weight excluding hydrogens is 334 g/mol. The van der Waals surface area contributed by atoms with E-state index < -0.39 is 0 Å². The van der Waals surface area contributed by atoms with Gasteiger partial charge in [-0.05, 0) is 23.6 Å². The fourth-order valence-electron chi connectivity index (χ4n) is 2.26. The molecule has 0 fully saturated rings. The summed E-state index contributed by atoms with van der Waals surface area (Å²) in [5, 5.41) is 5.10. The molecule has 0 aliphatic rings. The molecule has 0 atom stereocenters. The van der Waals surface area contributed by atoms with Crippen molar-refractivity contribution in [2.24, 2.45) is 0 Å². The molecule has 0 saturated carbocycles. The standard InChI is InChI=1S/C14H9N5O2S2/c20-11(16-9-2-1-3-10-12(9)18-23-17-10)6-19-7-15-13-8(14(19)21)4-5-22-13/h1-5,7H,6H2,(H,16,20). The van der Waals surface area contributed by atoms with Crippen molar-refractivity contribution in [2.75, 3.05) is 5.32 Å². The highest BCUT2D eigenvalue weighted by Crippen LogP contribution is 2.21. The van der Waals surface area contributed by atoms with Gasteiger partial charge >= 0.3 is 0 Å². The van der Waals surface area contributed by atoms with Gasteiger partial charge in [0, 0.05) is 0 Å². The lowest BCUT2D eigenvalue weighted by molar-refractivity contribution is -0.116. The van der Waals surface area contributed by atoms with Crippen molar-refractivity contribution >= 4 is 55.9 Å². The summed E-state index contributed by atoms with van der Waals surface area (Å²) in [6, 6.07) is 7.09. The Kier molecular flexibility index (Phi) is 3.36. The smallest absolute Gasteiger partial charge is 0.262 e. The van der Waals surface area contributed by atoms with E-state index in [2.05, 4.69) is 19.0 Å². The van der Waals surface area contributed by atoms with Gasteiger partial charge in [0.2, 0.25) is 5.91 Å². The van der Waals surface area contributed by atoms with Crippen LogP contribution >= 0.6 is 23.1 Å². The Morgan fingerprint density at radius 1 is 1.26 bits per heavy atom. The Balaban J connectivity index is 1.61. The van der Waals surface area contributed by atoms with E-state index >= 15 is 0 Å². The van der Waals surface area contributed by atoms with Crippen molar-refractivity contribution in [3.63, 3.8) is 0 Å². The summed E-state index contributed by atoms with van der Waals surface area (Å²) in [6.07, 6.45) is 1.39. The predicted octanol–water partition coefficient (Wildman–Crippen LogP) is 2.10. The van der Waals surface area contributed by atoms with E-state index in [9.17, 15) is 9.59 Å². The van der Waals surface area contributed by atoms with E-state index in [0.717, 1.165) is 17.2 Å². The maximum atomic E-state index is 12.3. The first-order valence-electron chi connectivity index (χ1n) is 6.66. The summed E-state index contributed by atoms with van der Waals surface area (Å²) in [6.45, 7) is -0.106. The Morgan fingerprint density at radius 3 is 3.09 bits per heavy atom. The Bertz CT molecular complexity index is 1080. The number of rotatable bonds is 3. The summed E-state index contributed by atoms with van der Waals surface area (Å²) >= 11 is 2.48. The first kappa shape index (κ1) is 14.0. The fourth-order valence-corrected chi connectivity index (χ4v) is 3.53. The summed E-state index contributed by atoms with van der Waals surface area (Å²) < 4.78 is 9.59. The second-order valence-corrected chi connectivity index (χ2v) is 6.23. The van der Waals surface area contributed by atoms with Crippen LogP contribution in [-0.2, 0) is 11.3 Å². The first-order chi connectivity index (χ1) is 11.2. The van der Waals surface area contributed by atoms with Gasteiger partial charge in [0.25, 0.3) is 5.56 Å². The number of nitrogens with one attached hydrogen (secondary N) is 1. The minimum Gasteiger partial charge on any atom is -0.323 e. The summed E-state index contributed by atoms with van der Waals surface area (Å²) in [4.78, 5) is 29.4. The largest absolute Gasteiger partial charge is 0.323 e. The van der Waals surface area contributed by atoms with Crippen LogP contribution in [0, 0.1) is 0 Å². The number of amides is 1. The molecule has 7 nitrogen and oxygen atoms in total. The second-order valence-electron chi connectivity index (χ2n) is 4.80. The zero-order valence-corrected chi connectivity index (χ0v) is 13.2. The fraction of sp³-hybridized carbons (Fsp3) is 0.0714. The van der Waals surface area contributed by atoms with Gasteiger partial charge in [-0.3, -0.25) is 14.2 Å². The number of benzene rings is 1. The number of thiophene rings is 1. The maximum Gasteiger partial charge on any atom is 0.262 e. The van der Waals surface area contributed by atoms with E-state index in [1.54, 1.807) is 23.6 Å². The number of aromatic nitrogens is 4. The highest BCUT2D eigenvalue weighted by molar-refractivity contribution is 7.16. The van der Waals surface area contributed by atoms with Crippen molar-refractivity contribution in [1.29, 1.82) is 0 Å². The minimum absolute atomic E-state index is 0.106. The van der Waals surface area contributed by atoms with Crippen LogP contribution in [-0.4, -0.2) is 24.2 Å². The van der Waals surface area contributed by atoms with E-state index in [1.165, 1.54) is 22.2 Å². The van der Waals surface area contributed by atoms with Crippen LogP contribution in [0.1, 0.15) is 0 Å². The zero-order chi connectivity index (χ0) is 15.8. The third-order valence-corrected chi connectivity index (χ3v) is 4.69. The molecule has 1 amide bonds. The normalized spacial score (nSPS) is 11.1. The molecule has 9 heteroatoms. The van der Waals surface area contributed by atoms with Gasteiger partial charge in [0.05, 0.1) is 29.1 Å². The number of hydrogen-bond acceptors (Lipinski definition) is 7. The Labute approximate surface area is 137 Å². The molecule has 4 rings (SSSR count). The molecule has 23 heavy (non-hydrogen) atoms. The van der Waals surface area contributed by atoms with Crippen LogP contribution in [0.4, 0.5) is 5.69 Å². The predicted molar refractivity (Wildman–Crippen MR) is 89.9 cm³/mol. The molecule has 0 aliphatic heterocycles. The van der Waals surface area contributed by atoms with Crippen LogP contribution in [0.2, 0.25) is 0 Å². The van der Waals surface area contributed by atoms with E-state index in [4.69, 9.17) is 0 Å². The number of carbonyl (C=O) groups is 1. The second kappa shape index (κ2) is 5.52. The average molecular weight is 343 g/mol. The molecule has 1 aromatic carbocycles. The van der Waals surface area contributed by atoms with Gasteiger partial charge in [-0.15, -0.1) is 11.3 Å². The van der Waals surface area contributed by atoms with Crippen molar-refractivity contribution < 1.29 is 4.79 Å². The number of nitrogens with zero attached hydrogens (tertiary/aromatic N) is 4. The third-order valence-electron chi connectivity index (χ3n) is 3.32. The lowest BCUT2D eigenvalue weighted by Crippen LogP contribution is -2.27. The third kappa shape index (κ3) is 2.49. The topological polar surface area (TPSA) is 89.8 Å². The number of fused-ring (bicyclic) bond motifs is 2. The molecule has 4 aromatic rings. The van der Waals surface area contributed by atoms with Gasteiger partial charge in [0.1, 0.15) is 22.4 Å². The van der Waals surface area contributed by atoms with Crippen molar-refractivity contribution in [3.05, 3.63) is 46.3 Å². The van der Waals surface area contributed by atoms with Crippen LogP contribution in [0.5, 0.6) is 0 Å². The molecule has 3 aromatic heterocycles. The summed E-state index contributed by atoms with van der Waals surface area (Å²) in [7, 11) is 0. The highest BCUT2D eigenvalue weighted by atomic mass is 32.1. The highest BCUT2D eigenvalue weighted by Gasteiger charge is 2.11. The SMILES string of the molecule is O=C(Cn1cnc2sccc2c1=O)Nc1cccc2nsnc12. The molecule has 0 spiro atoms. The van der Waals surface area contributed by atoms with Crippen molar-refractivity contribution in [1.82, 2.24) is 18.3 Å². The summed E-state index contributed by atoms with van der Waals surface area (Å²) in [5.74, 6) is -0.316. The molecular formula is C14H9N5O2S2. The van der Waals surface area contributed by atoms with E-state index in [0.29, 0.717) is 21.4 Å². The molecule has 1 N–H and O–H groups in total. The van der Waals surface area contributed by atoms with Crippen molar-refractivity contribution in [2.45, 2.75) is 6.54 Å². The maximum absolute atomic E-state index is 12.3. The summed E-state index contributed by atoms with van der Waals surface area (Å²) in [5.41, 5.74) is 1.73. The Hall–Kier alpha value is -2.65. The number of hydrogen-bond donors (Lipinski definition) is 1. The van der Waals surface area contributed by atoms with Gasteiger partial charge in [-0.25, -0.2) is 4.98 Å². The van der Waals surface area contributed by atoms with Gasteiger partial charge in [-0.2, -0.15) is 8.75 Å². The lowest BCUT2D eigenvalue weighted by atomic mass is 10.2. The van der Waals surface area contributed by atoms with Crippen LogP contribution < -0.4 is 10.9 Å². The molecule has 0 unspecified atom stereocenters. The molecule has 0 radical (unpaired) electrons. The molecule has 0 aliphatic carbocycles. The van der Waals surface area contributed by atoms with Crippen molar-refractivity contribution in [3.8, 4) is 0 Å². The quantitative estimate of drug-likeness (QED) is 0.615. The minimum atomic E-state index is -0.316. The van der Waals surface area contributed by atoms with Gasteiger partial charge in [0.15, 0.2) is 0 Å². The average Bonchev–Trinajstić information content (AvgIpc) is 3.19. The molecule has 3 heterocycles. The van der Waals surface area contributed by atoms with E-state index in [-0.39, 0.29) is 18.0 Å². The lowest BCUT2D eigenvalue weighted by Gasteiger charge is -2.07. The van der Waals surface area contributed by atoms with Crippen LogP contribution in [0.3, 0.4) is 0 Å². The molecule has 0 bridgehead atoms.